The van der Waals surface area contributed by atoms with Gasteiger partial charge in [0.1, 0.15) is 23.7 Å². The summed E-state index contributed by atoms with van der Waals surface area (Å²) in [6.07, 6.45) is 0.0363. The standard InChI is InChI=1S/C27H36O9/c1-13-17-10-18(34-14(2)28)21-26-9-7-8-25(5,12-33-24(26)32-6)19(26)11-20(35-15(3)29)27(21,22(13)31)23(17)36-16(4)30/h17-21,23-24H,1,7-12H2,2-6H3/t17-,18-,19+,20+,21-,23+,24+,25-,26-,27+/m0/s1. The quantitative estimate of drug-likeness (QED) is 0.324. The normalized spacial score (nSPS) is 46.9. The largest absolute Gasteiger partial charge is 0.462 e. The number of fused-ring (bicyclic) bond motifs is 1. The molecule has 0 aromatic rings. The van der Waals surface area contributed by atoms with Crippen LogP contribution in [0.15, 0.2) is 12.2 Å². The van der Waals surface area contributed by atoms with Gasteiger partial charge in [0.2, 0.25) is 0 Å². The molecule has 5 fully saturated rings. The fraction of sp³-hybridized carbons (Fsp3) is 0.778. The van der Waals surface area contributed by atoms with Crippen molar-refractivity contribution in [2.45, 2.75) is 84.4 Å². The molecule has 4 bridgehead atoms. The number of hydrogen-bond donors (Lipinski definition) is 0. The van der Waals surface area contributed by atoms with Gasteiger partial charge in [-0.3, -0.25) is 19.2 Å². The van der Waals surface area contributed by atoms with Gasteiger partial charge in [0.05, 0.1) is 6.61 Å². The van der Waals surface area contributed by atoms with Crippen molar-refractivity contribution in [1.29, 1.82) is 0 Å². The van der Waals surface area contributed by atoms with Gasteiger partial charge in [-0.15, -0.1) is 0 Å². The van der Waals surface area contributed by atoms with Crippen molar-refractivity contribution in [3.8, 4) is 0 Å². The molecule has 1 spiro atoms. The minimum atomic E-state index is -1.45. The summed E-state index contributed by atoms with van der Waals surface area (Å²) in [7, 11) is 1.59. The Bertz CT molecular complexity index is 1020. The average Bonchev–Trinajstić information content (AvgIpc) is 2.90. The first kappa shape index (κ1) is 25.4. The Hall–Kier alpha value is -2.26. The SMILES string of the molecule is C=C1C(=O)[C@]23[C@H](OC(C)=O)[C@H]1C[C@H](OC(C)=O)[C@H]2[C@@]12CCC[C@@](C)(CO[C@H]1OC)[C@H]2C[C@H]3OC(C)=O. The monoisotopic (exact) mass is 504 g/mol. The lowest BCUT2D eigenvalue weighted by Gasteiger charge is -2.70. The molecule has 198 valence electrons. The fourth-order valence-electron chi connectivity index (χ4n) is 9.11. The number of ketones is 1. The van der Waals surface area contributed by atoms with E-state index in [1.165, 1.54) is 20.8 Å². The van der Waals surface area contributed by atoms with E-state index in [2.05, 4.69) is 13.5 Å². The molecule has 5 rings (SSSR count). The maximum absolute atomic E-state index is 14.4. The third-order valence-corrected chi connectivity index (χ3v) is 9.89. The molecular formula is C27H36O9. The second-order valence-electron chi connectivity index (χ2n) is 11.7. The first-order valence-electron chi connectivity index (χ1n) is 12.8. The highest BCUT2D eigenvalue weighted by molar-refractivity contribution is 6.05. The zero-order chi connectivity index (χ0) is 26.2. The maximum Gasteiger partial charge on any atom is 0.302 e. The molecule has 0 radical (unpaired) electrons. The molecule has 0 N–H and O–H groups in total. The molecule has 0 aromatic heterocycles. The van der Waals surface area contributed by atoms with Gasteiger partial charge in [0.25, 0.3) is 0 Å². The highest BCUT2D eigenvalue weighted by Gasteiger charge is 2.82. The lowest BCUT2D eigenvalue weighted by atomic mass is 9.37. The van der Waals surface area contributed by atoms with Crippen molar-refractivity contribution in [2.75, 3.05) is 13.7 Å². The predicted octanol–water partition coefficient (Wildman–Crippen LogP) is 2.74. The van der Waals surface area contributed by atoms with Crippen LogP contribution in [0.4, 0.5) is 0 Å². The molecule has 4 aliphatic carbocycles. The first-order valence-corrected chi connectivity index (χ1v) is 12.8. The van der Waals surface area contributed by atoms with Crippen LogP contribution in [0, 0.1) is 34.0 Å². The zero-order valence-corrected chi connectivity index (χ0v) is 21.7. The van der Waals surface area contributed by atoms with E-state index in [1.54, 1.807) is 7.11 Å². The van der Waals surface area contributed by atoms with Crippen LogP contribution in [-0.4, -0.2) is 62.0 Å². The summed E-state index contributed by atoms with van der Waals surface area (Å²) in [6.45, 7) is 10.7. The predicted molar refractivity (Wildman–Crippen MR) is 124 cm³/mol. The van der Waals surface area contributed by atoms with Gasteiger partial charge in [-0.05, 0) is 42.6 Å². The minimum absolute atomic E-state index is 0.0355. The first-order chi connectivity index (χ1) is 16.9. The highest BCUT2D eigenvalue weighted by Crippen LogP contribution is 2.75. The number of rotatable bonds is 4. The van der Waals surface area contributed by atoms with Crippen molar-refractivity contribution in [2.24, 2.45) is 34.0 Å². The van der Waals surface area contributed by atoms with Crippen molar-refractivity contribution in [3.05, 3.63) is 12.2 Å². The summed E-state index contributed by atoms with van der Waals surface area (Å²) >= 11 is 0. The van der Waals surface area contributed by atoms with E-state index < -0.39 is 65.2 Å². The number of esters is 3. The van der Waals surface area contributed by atoms with Gasteiger partial charge in [0, 0.05) is 45.1 Å². The van der Waals surface area contributed by atoms with Crippen LogP contribution in [0.1, 0.15) is 59.8 Å². The number of methoxy groups -OCH3 is 1. The van der Waals surface area contributed by atoms with Gasteiger partial charge < -0.3 is 23.7 Å². The Balaban J connectivity index is 1.82. The zero-order valence-electron chi connectivity index (χ0n) is 21.7. The van der Waals surface area contributed by atoms with Gasteiger partial charge in [-0.25, -0.2) is 0 Å². The van der Waals surface area contributed by atoms with E-state index in [4.69, 9.17) is 23.7 Å². The van der Waals surface area contributed by atoms with Crippen LogP contribution < -0.4 is 0 Å². The second kappa shape index (κ2) is 8.38. The minimum Gasteiger partial charge on any atom is -0.462 e. The molecule has 9 nitrogen and oxygen atoms in total. The lowest BCUT2D eigenvalue weighted by Crippen LogP contribution is -2.76. The Morgan fingerprint density at radius 3 is 2.28 bits per heavy atom. The molecule has 1 heterocycles. The molecule has 5 aliphatic rings. The average molecular weight is 505 g/mol. The Morgan fingerprint density at radius 2 is 1.67 bits per heavy atom. The van der Waals surface area contributed by atoms with E-state index in [9.17, 15) is 19.2 Å². The molecule has 0 aromatic carbocycles. The van der Waals surface area contributed by atoms with Gasteiger partial charge in [-0.2, -0.15) is 0 Å². The summed E-state index contributed by atoms with van der Waals surface area (Å²) in [5.74, 6) is -3.05. The van der Waals surface area contributed by atoms with Crippen molar-refractivity contribution in [3.63, 3.8) is 0 Å². The summed E-state index contributed by atoms with van der Waals surface area (Å²) in [6, 6.07) is 0. The van der Waals surface area contributed by atoms with Crippen LogP contribution in [-0.2, 0) is 42.9 Å². The Kier molecular flexibility index (Phi) is 5.91. The Morgan fingerprint density at radius 1 is 1.00 bits per heavy atom. The summed E-state index contributed by atoms with van der Waals surface area (Å²) in [5, 5.41) is 0. The number of carbonyl (C=O) groups excluding carboxylic acids is 4. The van der Waals surface area contributed by atoms with E-state index in [-0.39, 0.29) is 23.5 Å². The summed E-state index contributed by atoms with van der Waals surface area (Å²) in [4.78, 5) is 51.5. The number of ether oxygens (including phenoxy) is 5. The Labute approximate surface area is 211 Å². The van der Waals surface area contributed by atoms with E-state index >= 15 is 0 Å². The molecule has 0 unspecified atom stereocenters. The van der Waals surface area contributed by atoms with Gasteiger partial charge in [0.15, 0.2) is 12.1 Å². The van der Waals surface area contributed by atoms with E-state index in [1.807, 2.05) is 0 Å². The molecule has 1 saturated heterocycles. The van der Waals surface area contributed by atoms with Crippen molar-refractivity contribution >= 4 is 23.7 Å². The van der Waals surface area contributed by atoms with E-state index in [0.29, 0.717) is 25.0 Å². The maximum atomic E-state index is 14.4. The second-order valence-corrected chi connectivity index (χ2v) is 11.7. The lowest BCUT2D eigenvalue weighted by molar-refractivity contribution is -0.362. The van der Waals surface area contributed by atoms with Crippen LogP contribution in [0.25, 0.3) is 0 Å². The fourth-order valence-corrected chi connectivity index (χ4v) is 9.11. The van der Waals surface area contributed by atoms with Crippen molar-refractivity contribution in [1.82, 2.24) is 0 Å². The molecule has 1 aliphatic heterocycles. The summed E-state index contributed by atoms with van der Waals surface area (Å²) in [5.41, 5.74) is -2.11. The molecule has 9 heteroatoms. The van der Waals surface area contributed by atoms with Crippen LogP contribution in [0.5, 0.6) is 0 Å². The highest BCUT2D eigenvalue weighted by atomic mass is 16.7. The van der Waals surface area contributed by atoms with Crippen LogP contribution in [0.3, 0.4) is 0 Å². The van der Waals surface area contributed by atoms with E-state index in [0.717, 1.165) is 12.8 Å². The van der Waals surface area contributed by atoms with Crippen LogP contribution >= 0.6 is 0 Å². The van der Waals surface area contributed by atoms with Gasteiger partial charge in [-0.1, -0.05) is 19.9 Å². The summed E-state index contributed by atoms with van der Waals surface area (Å²) < 4.78 is 30.2. The van der Waals surface area contributed by atoms with Crippen molar-refractivity contribution < 1.29 is 42.9 Å². The molecule has 0 amide bonds. The molecular weight excluding hydrogens is 468 g/mol. The number of hydrogen-bond acceptors (Lipinski definition) is 9. The number of carbonyl (C=O) groups is 4. The smallest absolute Gasteiger partial charge is 0.302 e. The topological polar surface area (TPSA) is 114 Å². The van der Waals surface area contributed by atoms with Crippen LogP contribution in [0.2, 0.25) is 0 Å². The molecule has 36 heavy (non-hydrogen) atoms. The molecule has 4 saturated carbocycles. The third kappa shape index (κ3) is 3.14. The van der Waals surface area contributed by atoms with Gasteiger partial charge >= 0.3 is 17.9 Å². The molecule has 10 atom stereocenters. The third-order valence-electron chi connectivity index (χ3n) is 9.89. The number of Topliss-reactive ketones (excluding diaryl/α,β-unsaturated/α-hetero) is 1.